The number of furan rings is 1. The lowest BCUT2D eigenvalue weighted by Crippen LogP contribution is -2.12. The average Bonchev–Trinajstić information content (AvgIpc) is 3.38. The van der Waals surface area contributed by atoms with Crippen LogP contribution in [0.5, 0.6) is 0 Å². The number of rotatable bonds is 7. The summed E-state index contributed by atoms with van der Waals surface area (Å²) in [5.74, 6) is 0.607. The minimum Gasteiger partial charge on any atom is -0.467 e. The van der Waals surface area contributed by atoms with Crippen LogP contribution in [0.3, 0.4) is 0 Å². The molecule has 0 atom stereocenters. The van der Waals surface area contributed by atoms with Crippen LogP contribution in [0.4, 0.5) is 5.69 Å². The summed E-state index contributed by atoms with van der Waals surface area (Å²) >= 11 is 3.54. The molecule has 6 nitrogen and oxygen atoms in total. The van der Waals surface area contributed by atoms with Gasteiger partial charge in [0.1, 0.15) is 12.4 Å². The molecule has 0 spiro atoms. The first kappa shape index (κ1) is 21.1. The van der Waals surface area contributed by atoms with Gasteiger partial charge in [0, 0.05) is 11.3 Å². The summed E-state index contributed by atoms with van der Waals surface area (Å²) in [7, 11) is 0. The minimum atomic E-state index is -0.172. The van der Waals surface area contributed by atoms with E-state index in [1.807, 2.05) is 67.1 Å². The molecule has 7 heteroatoms. The van der Waals surface area contributed by atoms with E-state index in [1.165, 1.54) is 0 Å². The Morgan fingerprint density at radius 3 is 2.58 bits per heavy atom. The zero-order valence-corrected chi connectivity index (χ0v) is 18.8. The first-order valence-corrected chi connectivity index (χ1v) is 10.6. The molecule has 0 bridgehead atoms. The van der Waals surface area contributed by atoms with E-state index < -0.39 is 0 Å². The summed E-state index contributed by atoms with van der Waals surface area (Å²) in [5.41, 5.74) is 5.10. The highest BCUT2D eigenvalue weighted by Crippen LogP contribution is 2.23. The van der Waals surface area contributed by atoms with Crippen LogP contribution in [0.2, 0.25) is 0 Å². The topological polar surface area (TPSA) is 69.3 Å². The highest BCUT2D eigenvalue weighted by atomic mass is 79.9. The van der Waals surface area contributed by atoms with Gasteiger partial charge in [-0.3, -0.25) is 4.79 Å². The molecule has 0 aliphatic rings. The molecular formula is C24H22BrN3O3. The summed E-state index contributed by atoms with van der Waals surface area (Å²) in [6.07, 6.45) is 1.62. The Morgan fingerprint density at radius 2 is 1.90 bits per heavy atom. The lowest BCUT2D eigenvalue weighted by atomic mass is 10.1. The van der Waals surface area contributed by atoms with Crippen LogP contribution in [0.15, 0.2) is 75.8 Å². The standard InChI is InChI=1S/C24H22BrN3O3/c1-16-23(25)17(2)28(27-16)21-10-8-19(9-11-21)24(29)26-20-6-3-5-18(13-20)14-30-15-22-7-4-12-31-22/h3-13H,14-15H2,1-2H3,(H,26,29). The number of hydrogen-bond acceptors (Lipinski definition) is 4. The van der Waals surface area contributed by atoms with Crippen molar-refractivity contribution < 1.29 is 13.9 Å². The summed E-state index contributed by atoms with van der Waals surface area (Å²) in [6, 6.07) is 18.7. The van der Waals surface area contributed by atoms with Crippen LogP contribution in [-0.4, -0.2) is 15.7 Å². The normalized spacial score (nSPS) is 10.9. The fraction of sp³-hybridized carbons (Fsp3) is 0.167. The fourth-order valence-electron chi connectivity index (χ4n) is 3.24. The Hall–Kier alpha value is -3.16. The monoisotopic (exact) mass is 479 g/mol. The molecule has 0 aliphatic carbocycles. The molecule has 0 saturated carbocycles. The number of nitrogens with one attached hydrogen (secondary N) is 1. The highest BCUT2D eigenvalue weighted by Gasteiger charge is 2.12. The number of carbonyl (C=O) groups is 1. The Morgan fingerprint density at radius 1 is 1.10 bits per heavy atom. The Labute approximate surface area is 189 Å². The molecule has 2 heterocycles. The van der Waals surface area contributed by atoms with E-state index in [1.54, 1.807) is 18.4 Å². The van der Waals surface area contributed by atoms with Crippen molar-refractivity contribution >= 4 is 27.5 Å². The van der Waals surface area contributed by atoms with Gasteiger partial charge in [0.05, 0.1) is 34.4 Å². The second-order valence-corrected chi connectivity index (χ2v) is 7.96. The third-order valence-corrected chi connectivity index (χ3v) is 6.00. The third kappa shape index (κ3) is 4.95. The van der Waals surface area contributed by atoms with Crippen molar-refractivity contribution in [2.24, 2.45) is 0 Å². The number of nitrogens with zero attached hydrogens (tertiary/aromatic N) is 2. The number of aryl methyl sites for hydroxylation is 1. The molecular weight excluding hydrogens is 458 g/mol. The summed E-state index contributed by atoms with van der Waals surface area (Å²) in [5, 5.41) is 7.47. The quantitative estimate of drug-likeness (QED) is 0.362. The number of hydrogen-bond donors (Lipinski definition) is 1. The maximum absolute atomic E-state index is 12.7. The van der Waals surface area contributed by atoms with Gasteiger partial charge in [0.15, 0.2) is 0 Å². The van der Waals surface area contributed by atoms with Crippen LogP contribution < -0.4 is 5.32 Å². The predicted octanol–water partition coefficient (Wildman–Crippen LogP) is 5.81. The molecule has 4 rings (SSSR count). The van der Waals surface area contributed by atoms with Gasteiger partial charge >= 0.3 is 0 Å². The SMILES string of the molecule is Cc1nn(-c2ccc(C(=O)Nc3cccc(COCc4ccco4)c3)cc2)c(C)c1Br. The summed E-state index contributed by atoms with van der Waals surface area (Å²) in [4.78, 5) is 12.7. The first-order chi connectivity index (χ1) is 15.0. The minimum absolute atomic E-state index is 0.172. The Bertz CT molecular complexity index is 1180. The van der Waals surface area contributed by atoms with Crippen molar-refractivity contribution in [1.29, 1.82) is 0 Å². The van der Waals surface area contributed by atoms with E-state index in [0.29, 0.717) is 18.8 Å². The summed E-state index contributed by atoms with van der Waals surface area (Å²) < 4.78 is 13.8. The number of aromatic nitrogens is 2. The van der Waals surface area contributed by atoms with Gasteiger partial charge < -0.3 is 14.5 Å². The van der Waals surface area contributed by atoms with Gasteiger partial charge in [0.25, 0.3) is 5.91 Å². The van der Waals surface area contributed by atoms with Crippen LogP contribution >= 0.6 is 15.9 Å². The van der Waals surface area contributed by atoms with Crippen LogP contribution in [0.25, 0.3) is 5.69 Å². The molecule has 158 valence electrons. The molecule has 0 fully saturated rings. The second-order valence-electron chi connectivity index (χ2n) is 7.17. The number of amides is 1. The van der Waals surface area contributed by atoms with E-state index in [4.69, 9.17) is 9.15 Å². The van der Waals surface area contributed by atoms with E-state index >= 15 is 0 Å². The van der Waals surface area contributed by atoms with Gasteiger partial charge in [-0.1, -0.05) is 12.1 Å². The van der Waals surface area contributed by atoms with Gasteiger partial charge in [-0.25, -0.2) is 4.68 Å². The molecule has 0 unspecified atom stereocenters. The smallest absolute Gasteiger partial charge is 0.255 e. The molecule has 31 heavy (non-hydrogen) atoms. The number of carbonyl (C=O) groups excluding carboxylic acids is 1. The molecule has 1 amide bonds. The molecule has 0 saturated heterocycles. The predicted molar refractivity (Wildman–Crippen MR) is 122 cm³/mol. The van der Waals surface area contributed by atoms with Crippen molar-refractivity contribution in [2.75, 3.05) is 5.32 Å². The van der Waals surface area contributed by atoms with Crippen molar-refractivity contribution in [2.45, 2.75) is 27.1 Å². The summed E-state index contributed by atoms with van der Waals surface area (Å²) in [6.45, 7) is 4.78. The van der Waals surface area contributed by atoms with Gasteiger partial charge in [-0.2, -0.15) is 5.10 Å². The lowest BCUT2D eigenvalue weighted by Gasteiger charge is -2.09. The van der Waals surface area contributed by atoms with Crippen LogP contribution in [0.1, 0.15) is 33.1 Å². The lowest BCUT2D eigenvalue weighted by molar-refractivity contribution is 0.0929. The zero-order valence-electron chi connectivity index (χ0n) is 17.3. The second kappa shape index (κ2) is 9.32. The van der Waals surface area contributed by atoms with E-state index in [2.05, 4.69) is 26.3 Å². The first-order valence-electron chi connectivity index (χ1n) is 9.84. The molecule has 0 radical (unpaired) electrons. The highest BCUT2D eigenvalue weighted by molar-refractivity contribution is 9.10. The number of anilines is 1. The van der Waals surface area contributed by atoms with Gasteiger partial charge in [-0.15, -0.1) is 0 Å². The van der Waals surface area contributed by atoms with E-state index in [0.717, 1.165) is 38.6 Å². The van der Waals surface area contributed by atoms with E-state index in [-0.39, 0.29) is 5.91 Å². The number of ether oxygens (including phenoxy) is 1. The molecule has 2 aromatic carbocycles. The maximum atomic E-state index is 12.7. The van der Waals surface area contributed by atoms with Crippen molar-refractivity contribution in [3.63, 3.8) is 0 Å². The zero-order chi connectivity index (χ0) is 21.8. The van der Waals surface area contributed by atoms with Crippen molar-refractivity contribution in [3.05, 3.63) is 99.7 Å². The van der Waals surface area contributed by atoms with Crippen molar-refractivity contribution in [1.82, 2.24) is 9.78 Å². The largest absolute Gasteiger partial charge is 0.467 e. The molecule has 4 aromatic rings. The van der Waals surface area contributed by atoms with Crippen LogP contribution in [0, 0.1) is 13.8 Å². The average molecular weight is 480 g/mol. The van der Waals surface area contributed by atoms with Gasteiger partial charge in [-0.05, 0) is 83.9 Å². The molecule has 0 aliphatic heterocycles. The van der Waals surface area contributed by atoms with E-state index in [9.17, 15) is 4.79 Å². The number of halogens is 1. The number of benzene rings is 2. The van der Waals surface area contributed by atoms with Crippen LogP contribution in [-0.2, 0) is 18.0 Å². The molecule has 1 N–H and O–H groups in total. The Balaban J connectivity index is 1.39. The third-order valence-electron chi connectivity index (χ3n) is 4.86. The Kier molecular flexibility index (Phi) is 6.34. The van der Waals surface area contributed by atoms with Crippen molar-refractivity contribution in [3.8, 4) is 5.69 Å². The fourth-order valence-corrected chi connectivity index (χ4v) is 3.48. The molecule has 2 aromatic heterocycles. The van der Waals surface area contributed by atoms with Gasteiger partial charge in [0.2, 0.25) is 0 Å². The maximum Gasteiger partial charge on any atom is 0.255 e.